The Balaban J connectivity index is 2.51. The van der Waals surface area contributed by atoms with Gasteiger partial charge in [0.1, 0.15) is 6.04 Å². The third-order valence-electron chi connectivity index (χ3n) is 3.63. The molecule has 106 valence electrons. The highest BCUT2D eigenvalue weighted by Crippen LogP contribution is 2.45. The van der Waals surface area contributed by atoms with Crippen LogP contribution in [0, 0.1) is 0 Å². The number of nitrogens with zero attached hydrogens (tertiary/aromatic N) is 1. The van der Waals surface area contributed by atoms with Crippen molar-refractivity contribution in [2.45, 2.75) is 37.5 Å². The van der Waals surface area contributed by atoms with Gasteiger partial charge in [0.15, 0.2) is 5.54 Å². The Bertz CT molecular complexity index is 476. The molecular formula is C12H15F3N2O2. The number of alkyl halides is 3. The SMILES string of the molecule is CC(C(=O)O)n1cccc1C1(C(F)(F)F)CCCN1. The zero-order valence-corrected chi connectivity index (χ0v) is 10.4. The van der Waals surface area contributed by atoms with Crippen molar-refractivity contribution in [2.75, 3.05) is 6.54 Å². The van der Waals surface area contributed by atoms with E-state index in [0.717, 1.165) is 0 Å². The normalized spacial score (nSPS) is 25.5. The molecule has 0 amide bonds. The average Bonchev–Trinajstić information content (AvgIpc) is 2.95. The highest BCUT2D eigenvalue weighted by Gasteiger charge is 2.58. The topological polar surface area (TPSA) is 54.3 Å². The minimum atomic E-state index is -4.46. The van der Waals surface area contributed by atoms with Crippen LogP contribution in [0.5, 0.6) is 0 Å². The number of hydrogen-bond acceptors (Lipinski definition) is 2. The van der Waals surface area contributed by atoms with Gasteiger partial charge in [-0.05, 0) is 38.4 Å². The molecule has 2 rings (SSSR count). The van der Waals surface area contributed by atoms with Crippen molar-refractivity contribution in [3.8, 4) is 0 Å². The standard InChI is InChI=1S/C12H15F3N2O2/c1-8(10(18)19)17-7-2-4-9(17)11(12(13,14)15)5-3-6-16-11/h2,4,7-8,16H,3,5-6H2,1H3,(H,18,19). The molecule has 1 aliphatic heterocycles. The number of carboxylic acid groups (broad SMARTS) is 1. The van der Waals surface area contributed by atoms with Gasteiger partial charge in [-0.25, -0.2) is 4.79 Å². The molecule has 0 bridgehead atoms. The Kier molecular flexibility index (Phi) is 3.34. The van der Waals surface area contributed by atoms with Gasteiger partial charge in [0.25, 0.3) is 0 Å². The second kappa shape index (κ2) is 4.56. The highest BCUT2D eigenvalue weighted by atomic mass is 19.4. The van der Waals surface area contributed by atoms with Crippen LogP contribution >= 0.6 is 0 Å². The molecule has 7 heteroatoms. The summed E-state index contributed by atoms with van der Waals surface area (Å²) in [5.41, 5.74) is -2.17. The minimum Gasteiger partial charge on any atom is -0.480 e. The predicted molar refractivity (Wildman–Crippen MR) is 61.7 cm³/mol. The summed E-state index contributed by atoms with van der Waals surface area (Å²) < 4.78 is 41.4. The van der Waals surface area contributed by atoms with E-state index in [1.807, 2.05) is 0 Å². The van der Waals surface area contributed by atoms with E-state index < -0.39 is 23.7 Å². The fourth-order valence-corrected chi connectivity index (χ4v) is 2.56. The van der Waals surface area contributed by atoms with E-state index in [4.69, 9.17) is 5.11 Å². The second-order valence-electron chi connectivity index (χ2n) is 4.75. The first kappa shape index (κ1) is 13.9. The zero-order chi connectivity index (χ0) is 14.3. The highest BCUT2D eigenvalue weighted by molar-refractivity contribution is 5.71. The maximum absolute atomic E-state index is 13.4. The van der Waals surface area contributed by atoms with Gasteiger partial charge in [0.05, 0.1) is 0 Å². The van der Waals surface area contributed by atoms with Crippen molar-refractivity contribution in [3.63, 3.8) is 0 Å². The molecule has 2 atom stereocenters. The fraction of sp³-hybridized carbons (Fsp3) is 0.583. The largest absolute Gasteiger partial charge is 0.480 e. The monoisotopic (exact) mass is 276 g/mol. The van der Waals surface area contributed by atoms with Gasteiger partial charge >= 0.3 is 12.1 Å². The summed E-state index contributed by atoms with van der Waals surface area (Å²) in [5.74, 6) is -1.16. The lowest BCUT2D eigenvalue weighted by atomic mass is 9.92. The van der Waals surface area contributed by atoms with Crippen molar-refractivity contribution >= 4 is 5.97 Å². The molecule has 0 aromatic carbocycles. The maximum Gasteiger partial charge on any atom is 0.412 e. The van der Waals surface area contributed by atoms with Gasteiger partial charge in [-0.1, -0.05) is 0 Å². The van der Waals surface area contributed by atoms with Crippen LogP contribution in [0.2, 0.25) is 0 Å². The van der Waals surface area contributed by atoms with Gasteiger partial charge in [-0.15, -0.1) is 0 Å². The first-order valence-corrected chi connectivity index (χ1v) is 6.01. The maximum atomic E-state index is 13.4. The average molecular weight is 276 g/mol. The lowest BCUT2D eigenvalue weighted by Gasteiger charge is -2.34. The van der Waals surface area contributed by atoms with E-state index in [1.165, 1.54) is 29.8 Å². The summed E-state index contributed by atoms with van der Waals surface area (Å²) >= 11 is 0. The lowest BCUT2D eigenvalue weighted by Crippen LogP contribution is -2.51. The van der Waals surface area contributed by atoms with E-state index in [-0.39, 0.29) is 18.7 Å². The van der Waals surface area contributed by atoms with E-state index in [9.17, 15) is 18.0 Å². The summed E-state index contributed by atoms with van der Waals surface area (Å²) in [5, 5.41) is 11.5. The molecule has 0 saturated carbocycles. The molecule has 1 saturated heterocycles. The molecule has 1 aromatic heterocycles. The Morgan fingerprint density at radius 3 is 2.74 bits per heavy atom. The molecule has 4 nitrogen and oxygen atoms in total. The number of aliphatic carboxylic acids is 1. The number of carbonyl (C=O) groups is 1. The number of hydrogen-bond donors (Lipinski definition) is 2. The van der Waals surface area contributed by atoms with Crippen LogP contribution in [0.1, 0.15) is 31.5 Å². The predicted octanol–water partition coefficient (Wildman–Crippen LogP) is 2.27. The molecule has 0 radical (unpaired) electrons. The van der Waals surface area contributed by atoms with Crippen molar-refractivity contribution < 1.29 is 23.1 Å². The van der Waals surface area contributed by atoms with Crippen LogP contribution in [-0.2, 0) is 10.3 Å². The van der Waals surface area contributed by atoms with Crippen LogP contribution in [-0.4, -0.2) is 28.4 Å². The molecule has 0 aliphatic carbocycles. The summed E-state index contributed by atoms with van der Waals surface area (Å²) in [4.78, 5) is 11.0. The Morgan fingerprint density at radius 1 is 1.58 bits per heavy atom. The number of rotatable bonds is 3. The van der Waals surface area contributed by atoms with Gasteiger partial charge in [-0.3, -0.25) is 5.32 Å². The molecule has 19 heavy (non-hydrogen) atoms. The van der Waals surface area contributed by atoms with Crippen molar-refractivity contribution in [2.24, 2.45) is 0 Å². The van der Waals surface area contributed by atoms with Crippen LogP contribution in [0.4, 0.5) is 13.2 Å². The summed E-state index contributed by atoms with van der Waals surface area (Å²) in [6.45, 7) is 1.64. The van der Waals surface area contributed by atoms with Gasteiger partial charge in [0, 0.05) is 11.9 Å². The third-order valence-corrected chi connectivity index (χ3v) is 3.63. The minimum absolute atomic E-state index is 0.0348. The Morgan fingerprint density at radius 2 is 2.26 bits per heavy atom. The van der Waals surface area contributed by atoms with Gasteiger partial charge in [-0.2, -0.15) is 13.2 Å². The molecule has 1 fully saturated rings. The van der Waals surface area contributed by atoms with Crippen LogP contribution < -0.4 is 5.32 Å². The van der Waals surface area contributed by atoms with E-state index >= 15 is 0 Å². The quantitative estimate of drug-likeness (QED) is 0.890. The molecule has 2 N–H and O–H groups in total. The van der Waals surface area contributed by atoms with Crippen LogP contribution in [0.3, 0.4) is 0 Å². The number of carboxylic acids is 1. The first-order chi connectivity index (χ1) is 8.79. The van der Waals surface area contributed by atoms with Crippen LogP contribution in [0.15, 0.2) is 18.3 Å². The molecular weight excluding hydrogens is 261 g/mol. The van der Waals surface area contributed by atoms with Crippen LogP contribution in [0.25, 0.3) is 0 Å². The smallest absolute Gasteiger partial charge is 0.412 e. The Hall–Kier alpha value is -1.50. The summed E-state index contributed by atoms with van der Waals surface area (Å²) in [6, 6.07) is 1.75. The van der Waals surface area contributed by atoms with Crippen molar-refractivity contribution in [1.82, 2.24) is 9.88 Å². The first-order valence-electron chi connectivity index (χ1n) is 6.01. The van der Waals surface area contributed by atoms with Crippen molar-refractivity contribution in [3.05, 3.63) is 24.0 Å². The lowest BCUT2D eigenvalue weighted by molar-refractivity contribution is -0.198. The number of aromatic nitrogens is 1. The fourth-order valence-electron chi connectivity index (χ4n) is 2.56. The van der Waals surface area contributed by atoms with Crippen molar-refractivity contribution in [1.29, 1.82) is 0 Å². The molecule has 1 aliphatic rings. The molecule has 2 heterocycles. The molecule has 2 unspecified atom stereocenters. The van der Waals surface area contributed by atoms with E-state index in [0.29, 0.717) is 6.42 Å². The summed E-state index contributed by atoms with van der Waals surface area (Å²) in [6.07, 6.45) is -2.75. The second-order valence-corrected chi connectivity index (χ2v) is 4.75. The number of nitrogens with one attached hydrogen (secondary N) is 1. The summed E-state index contributed by atoms with van der Waals surface area (Å²) in [7, 11) is 0. The molecule has 1 aromatic rings. The van der Waals surface area contributed by atoms with E-state index in [2.05, 4.69) is 5.32 Å². The molecule has 0 spiro atoms. The zero-order valence-electron chi connectivity index (χ0n) is 10.4. The van der Waals surface area contributed by atoms with Gasteiger partial charge < -0.3 is 9.67 Å². The third kappa shape index (κ3) is 2.11. The Labute approximate surface area is 108 Å². The van der Waals surface area contributed by atoms with E-state index in [1.54, 1.807) is 0 Å². The van der Waals surface area contributed by atoms with Gasteiger partial charge in [0.2, 0.25) is 0 Å². The number of halogens is 3.